The molecule has 0 heterocycles. The molecule has 1 aromatic rings. The van der Waals surface area contributed by atoms with Gasteiger partial charge in [0.15, 0.2) is 5.82 Å². The lowest BCUT2D eigenvalue weighted by molar-refractivity contribution is 0.0919. The van der Waals surface area contributed by atoms with Crippen molar-refractivity contribution in [3.63, 3.8) is 0 Å². The molecular formula is C13H14BrF2NO. The van der Waals surface area contributed by atoms with Crippen LogP contribution in [0.2, 0.25) is 0 Å². The van der Waals surface area contributed by atoms with Crippen LogP contribution in [0, 0.1) is 11.6 Å². The maximum absolute atomic E-state index is 13.7. The zero-order valence-corrected chi connectivity index (χ0v) is 11.4. The molecule has 0 saturated heterocycles. The van der Waals surface area contributed by atoms with E-state index in [-0.39, 0.29) is 10.5 Å². The summed E-state index contributed by atoms with van der Waals surface area (Å²) in [5.74, 6) is -2.34. The quantitative estimate of drug-likeness (QED) is 0.826. The largest absolute Gasteiger partial charge is 0.349 e. The molecule has 0 aromatic heterocycles. The van der Waals surface area contributed by atoms with Gasteiger partial charge in [-0.1, -0.05) is 19.3 Å². The fourth-order valence-electron chi connectivity index (χ4n) is 2.24. The third kappa shape index (κ3) is 2.88. The first kappa shape index (κ1) is 13.5. The number of carbonyl (C=O) groups is 1. The Bertz CT molecular complexity index is 459. The number of rotatable bonds is 2. The molecule has 0 radical (unpaired) electrons. The molecule has 2 rings (SSSR count). The van der Waals surface area contributed by atoms with Crippen LogP contribution in [0.1, 0.15) is 42.5 Å². The van der Waals surface area contributed by atoms with Crippen molar-refractivity contribution in [2.75, 3.05) is 0 Å². The Hall–Kier alpha value is -0.970. The predicted octanol–water partition coefficient (Wildman–Crippen LogP) is 3.79. The second-order valence-corrected chi connectivity index (χ2v) is 5.38. The normalized spacial score (nSPS) is 16.6. The summed E-state index contributed by atoms with van der Waals surface area (Å²) >= 11 is 2.95. The van der Waals surface area contributed by atoms with Gasteiger partial charge in [0, 0.05) is 6.04 Å². The SMILES string of the molecule is O=C(NC1CCCCC1)c1c(F)ccc(Br)c1F. The highest BCUT2D eigenvalue weighted by atomic mass is 79.9. The van der Waals surface area contributed by atoms with Gasteiger partial charge in [0.2, 0.25) is 0 Å². The summed E-state index contributed by atoms with van der Waals surface area (Å²) in [7, 11) is 0. The summed E-state index contributed by atoms with van der Waals surface area (Å²) in [4.78, 5) is 11.9. The third-order valence-electron chi connectivity index (χ3n) is 3.21. The van der Waals surface area contributed by atoms with Crippen molar-refractivity contribution in [1.29, 1.82) is 0 Å². The Labute approximate surface area is 113 Å². The number of nitrogens with one attached hydrogen (secondary N) is 1. The van der Waals surface area contributed by atoms with Crippen molar-refractivity contribution >= 4 is 21.8 Å². The number of carbonyl (C=O) groups excluding carboxylic acids is 1. The van der Waals surface area contributed by atoms with Gasteiger partial charge in [-0.15, -0.1) is 0 Å². The first-order valence-corrected chi connectivity index (χ1v) is 6.83. The Kier molecular flexibility index (Phi) is 4.32. The van der Waals surface area contributed by atoms with Gasteiger partial charge in [0.05, 0.1) is 4.47 Å². The van der Waals surface area contributed by atoms with Gasteiger partial charge in [-0.2, -0.15) is 0 Å². The van der Waals surface area contributed by atoms with E-state index in [4.69, 9.17) is 0 Å². The molecule has 2 nitrogen and oxygen atoms in total. The Morgan fingerprint density at radius 2 is 1.89 bits per heavy atom. The fraction of sp³-hybridized carbons (Fsp3) is 0.462. The van der Waals surface area contributed by atoms with Crippen LogP contribution in [-0.4, -0.2) is 11.9 Å². The van der Waals surface area contributed by atoms with Gasteiger partial charge in [-0.05, 0) is 40.9 Å². The van der Waals surface area contributed by atoms with E-state index in [1.54, 1.807) is 0 Å². The highest BCUT2D eigenvalue weighted by Crippen LogP contribution is 2.23. The molecule has 0 spiro atoms. The first-order chi connectivity index (χ1) is 8.59. The summed E-state index contributed by atoms with van der Waals surface area (Å²) in [5, 5.41) is 2.70. The fourth-order valence-corrected chi connectivity index (χ4v) is 2.57. The maximum atomic E-state index is 13.7. The number of amides is 1. The van der Waals surface area contributed by atoms with Crippen molar-refractivity contribution in [2.24, 2.45) is 0 Å². The molecule has 0 bridgehead atoms. The average molecular weight is 318 g/mol. The summed E-state index contributed by atoms with van der Waals surface area (Å²) < 4.78 is 27.3. The van der Waals surface area contributed by atoms with Gasteiger partial charge in [-0.25, -0.2) is 8.78 Å². The van der Waals surface area contributed by atoms with Crippen molar-refractivity contribution in [3.05, 3.63) is 33.8 Å². The minimum atomic E-state index is -0.844. The van der Waals surface area contributed by atoms with E-state index in [2.05, 4.69) is 21.2 Å². The lowest BCUT2D eigenvalue weighted by Gasteiger charge is -2.23. The molecule has 1 aliphatic carbocycles. The monoisotopic (exact) mass is 317 g/mol. The van der Waals surface area contributed by atoms with Crippen LogP contribution < -0.4 is 5.32 Å². The summed E-state index contributed by atoms with van der Waals surface area (Å²) in [6.07, 6.45) is 5.01. The van der Waals surface area contributed by atoms with Crippen LogP contribution in [0.25, 0.3) is 0 Å². The lowest BCUT2D eigenvalue weighted by atomic mass is 9.95. The predicted molar refractivity (Wildman–Crippen MR) is 68.4 cm³/mol. The number of halogens is 3. The maximum Gasteiger partial charge on any atom is 0.257 e. The Morgan fingerprint density at radius 3 is 2.56 bits per heavy atom. The van der Waals surface area contributed by atoms with E-state index in [1.165, 1.54) is 6.07 Å². The van der Waals surface area contributed by atoms with Crippen LogP contribution in [0.15, 0.2) is 16.6 Å². The first-order valence-electron chi connectivity index (χ1n) is 6.04. The van der Waals surface area contributed by atoms with Gasteiger partial charge in [0.25, 0.3) is 5.91 Å². The van der Waals surface area contributed by atoms with Gasteiger partial charge in [0.1, 0.15) is 11.4 Å². The van der Waals surface area contributed by atoms with Crippen molar-refractivity contribution in [2.45, 2.75) is 38.1 Å². The van der Waals surface area contributed by atoms with E-state index in [0.29, 0.717) is 0 Å². The van der Waals surface area contributed by atoms with Crippen molar-refractivity contribution < 1.29 is 13.6 Å². The van der Waals surface area contributed by atoms with Crippen LogP contribution in [0.5, 0.6) is 0 Å². The molecular weight excluding hydrogens is 304 g/mol. The molecule has 1 saturated carbocycles. The minimum Gasteiger partial charge on any atom is -0.349 e. The minimum absolute atomic E-state index is 0.0315. The number of benzene rings is 1. The lowest BCUT2D eigenvalue weighted by Crippen LogP contribution is -2.37. The van der Waals surface area contributed by atoms with Gasteiger partial charge < -0.3 is 5.32 Å². The van der Waals surface area contributed by atoms with Crippen molar-refractivity contribution in [3.8, 4) is 0 Å². The van der Waals surface area contributed by atoms with Crippen LogP contribution in [0.4, 0.5) is 8.78 Å². The second kappa shape index (κ2) is 5.78. The van der Waals surface area contributed by atoms with Crippen LogP contribution in [0.3, 0.4) is 0 Å². The molecule has 18 heavy (non-hydrogen) atoms. The Balaban J connectivity index is 2.15. The standard InChI is InChI=1S/C13H14BrF2NO/c14-9-6-7-10(15)11(12(9)16)13(18)17-8-4-2-1-3-5-8/h6-8H,1-5H2,(H,17,18). The molecule has 0 unspecified atom stereocenters. The number of hydrogen-bond acceptors (Lipinski definition) is 1. The number of hydrogen-bond donors (Lipinski definition) is 1. The van der Waals surface area contributed by atoms with Crippen LogP contribution in [-0.2, 0) is 0 Å². The van der Waals surface area contributed by atoms with Crippen LogP contribution >= 0.6 is 15.9 Å². The molecule has 0 aliphatic heterocycles. The molecule has 98 valence electrons. The van der Waals surface area contributed by atoms with E-state index in [9.17, 15) is 13.6 Å². The van der Waals surface area contributed by atoms with Gasteiger partial charge >= 0.3 is 0 Å². The molecule has 1 aromatic carbocycles. The summed E-state index contributed by atoms with van der Waals surface area (Å²) in [5.41, 5.74) is -0.505. The second-order valence-electron chi connectivity index (χ2n) is 4.53. The molecule has 1 fully saturated rings. The molecule has 1 N–H and O–H groups in total. The molecule has 0 atom stereocenters. The molecule has 1 aliphatic rings. The zero-order valence-electron chi connectivity index (χ0n) is 9.81. The highest BCUT2D eigenvalue weighted by molar-refractivity contribution is 9.10. The zero-order chi connectivity index (χ0) is 13.1. The Morgan fingerprint density at radius 1 is 1.22 bits per heavy atom. The van der Waals surface area contributed by atoms with E-state index in [0.717, 1.165) is 38.2 Å². The highest BCUT2D eigenvalue weighted by Gasteiger charge is 2.23. The van der Waals surface area contributed by atoms with Gasteiger partial charge in [-0.3, -0.25) is 4.79 Å². The molecule has 5 heteroatoms. The average Bonchev–Trinajstić information content (AvgIpc) is 2.36. The smallest absolute Gasteiger partial charge is 0.257 e. The topological polar surface area (TPSA) is 29.1 Å². The van der Waals surface area contributed by atoms with Crippen molar-refractivity contribution in [1.82, 2.24) is 5.32 Å². The summed E-state index contributed by atoms with van der Waals surface area (Å²) in [6, 6.07) is 2.37. The third-order valence-corrected chi connectivity index (χ3v) is 3.82. The van der Waals surface area contributed by atoms with E-state index in [1.807, 2.05) is 0 Å². The van der Waals surface area contributed by atoms with E-state index < -0.39 is 23.1 Å². The van der Waals surface area contributed by atoms with E-state index >= 15 is 0 Å². The molecule has 1 amide bonds. The summed E-state index contributed by atoms with van der Waals surface area (Å²) in [6.45, 7) is 0.